The highest BCUT2D eigenvalue weighted by molar-refractivity contribution is 6.21. The first-order valence-electron chi connectivity index (χ1n) is 37.1. The predicted molar refractivity (Wildman–Crippen MR) is 370 cm³/mol. The van der Waals surface area contributed by atoms with Gasteiger partial charge in [-0.3, -0.25) is 57.5 Å². The molecule has 0 aromatic carbocycles. The lowest BCUT2D eigenvalue weighted by Crippen LogP contribution is -2.65. The summed E-state index contributed by atoms with van der Waals surface area (Å²) in [5, 5.41) is 7.62. The van der Waals surface area contributed by atoms with Gasteiger partial charge in [0.25, 0.3) is 0 Å². The average molecular weight is 1430 g/mol. The van der Waals surface area contributed by atoms with Crippen molar-refractivity contribution in [1.82, 2.24) is 60.0 Å². The molecule has 1 spiro atoms. The van der Waals surface area contributed by atoms with Crippen LogP contribution in [0.15, 0.2) is 0 Å². The zero-order valence-electron chi connectivity index (χ0n) is 61.5. The second-order valence-corrected chi connectivity index (χ2v) is 31.7. The largest absolute Gasteiger partial charge is 0.393 e. The van der Waals surface area contributed by atoms with Crippen LogP contribution in [0.25, 0.3) is 0 Å². The van der Waals surface area contributed by atoms with Gasteiger partial charge in [-0.25, -0.2) is 0 Å². The first-order valence-corrected chi connectivity index (χ1v) is 37.5. The molecular formula is C72H116ClF3N12O12. The van der Waals surface area contributed by atoms with Crippen molar-refractivity contribution in [3.63, 3.8) is 0 Å². The topological polar surface area (TPSA) is 270 Å². The molecule has 28 heteroatoms. The lowest BCUT2D eigenvalue weighted by Gasteiger charge is -2.42. The number of carbonyl (C=O) groups is 12. The minimum absolute atomic E-state index is 0.00203. The Morgan fingerprint density at radius 3 is 1.80 bits per heavy atom. The Hall–Kier alpha value is -6.28. The molecule has 564 valence electrons. The van der Waals surface area contributed by atoms with Crippen LogP contribution in [0.5, 0.6) is 0 Å². The van der Waals surface area contributed by atoms with Crippen LogP contribution in [0.4, 0.5) is 13.2 Å². The molecule has 12 amide bonds. The number of rotatable bonds is 11. The van der Waals surface area contributed by atoms with Gasteiger partial charge in [0.1, 0.15) is 47.8 Å². The fourth-order valence-corrected chi connectivity index (χ4v) is 17.1. The maximum absolute atomic E-state index is 15.7. The Bertz CT molecular complexity index is 2920. The number of nitrogens with zero attached hydrogens (tertiary/aromatic N) is 9. The van der Waals surface area contributed by atoms with Gasteiger partial charge in [-0.05, 0) is 132 Å². The number of hydrogen-bond donors (Lipinski definition) is 3. The van der Waals surface area contributed by atoms with E-state index in [2.05, 4.69) is 22.9 Å². The van der Waals surface area contributed by atoms with Crippen LogP contribution in [0, 0.1) is 41.4 Å². The number of fused-ring (bicyclic) bond motifs is 1. The zero-order chi connectivity index (χ0) is 73.8. The lowest BCUT2D eigenvalue weighted by atomic mass is 9.78. The van der Waals surface area contributed by atoms with Crippen LogP contribution in [-0.4, -0.2) is 263 Å². The van der Waals surface area contributed by atoms with E-state index in [0.717, 1.165) is 48.3 Å². The van der Waals surface area contributed by atoms with E-state index in [1.807, 2.05) is 20.8 Å². The Morgan fingerprint density at radius 2 is 1.20 bits per heavy atom. The van der Waals surface area contributed by atoms with Gasteiger partial charge in [-0.2, -0.15) is 13.2 Å². The van der Waals surface area contributed by atoms with Gasteiger partial charge in [-0.15, -0.1) is 11.6 Å². The lowest BCUT2D eigenvalue weighted by molar-refractivity contribution is -0.182. The standard InChI is InChI=1S/C72H116ClF3N12O12/c1-13-46(5)61-68(98)82(8)42-59(91)80(6)43-60(92)84(10)55(39-48-26-24-45(4)25-27-48)66(96)81(7)41-57(89)77-52(31-29-47-28-30-50(51(73)38-47)72(74,75)76)65(95)88-36-20-23-53(88)64(94)79-71(32-16-17-33-71)70(100)86(12)62(49-21-14-15-22-49)69(99)85(11)56(67(97)87-34-18-19-35-87)40-58(90)83(9)54(37-44(2)3)63(93)78-61/h44-56,61-62H,13-43H2,1-12H3,(H,77,89)(H,78,93)(H,79,94)/t45?,46-,47?,48?,50?,51?,52-,53-,54-,55-,56-,61-,62-/m0/s1. The number of nitrogens with one attached hydrogen (secondary N) is 3. The molecule has 4 aliphatic carbocycles. The van der Waals surface area contributed by atoms with Gasteiger partial charge < -0.3 is 60.0 Å². The van der Waals surface area contributed by atoms with Crippen molar-refractivity contribution in [2.75, 3.05) is 88.6 Å². The van der Waals surface area contributed by atoms with Crippen LogP contribution in [0.2, 0.25) is 0 Å². The third-order valence-corrected chi connectivity index (χ3v) is 23.8. The van der Waals surface area contributed by atoms with Crippen molar-refractivity contribution < 1.29 is 70.7 Å². The minimum Gasteiger partial charge on any atom is -0.343 e. The quantitative estimate of drug-likeness (QED) is 0.203. The Balaban J connectivity index is 1.27. The number of likely N-dealkylation sites (N-methyl/N-ethyl adjacent to an activating group) is 7. The number of likely N-dealkylation sites (tertiary alicyclic amines) is 1. The first-order chi connectivity index (χ1) is 47.1. The van der Waals surface area contributed by atoms with Crippen molar-refractivity contribution in [1.29, 1.82) is 0 Å². The average Bonchev–Trinajstić information content (AvgIpc) is 1.43. The van der Waals surface area contributed by atoms with E-state index >= 15 is 24.0 Å². The monoisotopic (exact) mass is 1430 g/mol. The highest BCUT2D eigenvalue weighted by atomic mass is 35.5. The third kappa shape index (κ3) is 20.1. The molecule has 0 radical (unpaired) electrons. The second kappa shape index (κ2) is 35.7. The highest BCUT2D eigenvalue weighted by Crippen LogP contribution is 2.44. The van der Waals surface area contributed by atoms with Gasteiger partial charge in [0.2, 0.25) is 70.9 Å². The van der Waals surface area contributed by atoms with Gasteiger partial charge >= 0.3 is 6.18 Å². The maximum atomic E-state index is 15.7. The van der Waals surface area contributed by atoms with E-state index in [4.69, 9.17) is 11.6 Å². The maximum Gasteiger partial charge on any atom is 0.393 e. The Morgan fingerprint density at radius 1 is 0.600 bits per heavy atom. The number of amides is 12. The fraction of sp³-hybridized carbons (Fsp3) is 0.833. The second-order valence-electron chi connectivity index (χ2n) is 31.2. The molecule has 11 atom stereocenters. The summed E-state index contributed by atoms with van der Waals surface area (Å²) in [5.41, 5.74) is -1.55. The highest BCUT2D eigenvalue weighted by Gasteiger charge is 2.52. The van der Waals surface area contributed by atoms with E-state index in [-0.39, 0.29) is 94.4 Å². The summed E-state index contributed by atoms with van der Waals surface area (Å²) >= 11 is 6.41. The van der Waals surface area contributed by atoms with Crippen molar-refractivity contribution in [3.8, 4) is 0 Å². The summed E-state index contributed by atoms with van der Waals surface area (Å²) in [6.07, 6.45) is 5.13. The van der Waals surface area contributed by atoms with Crippen molar-refractivity contribution in [3.05, 3.63) is 0 Å². The van der Waals surface area contributed by atoms with E-state index in [1.54, 1.807) is 11.8 Å². The molecule has 0 bridgehead atoms. The van der Waals surface area contributed by atoms with Gasteiger partial charge in [0, 0.05) is 74.3 Å². The first kappa shape index (κ1) is 81.0. The van der Waals surface area contributed by atoms with E-state index in [1.165, 1.54) is 78.7 Å². The normalized spacial score (nSPS) is 31.2. The third-order valence-electron chi connectivity index (χ3n) is 23.4. The van der Waals surface area contributed by atoms with E-state index < -0.39 is 168 Å². The fourth-order valence-electron chi connectivity index (χ4n) is 16.6. The van der Waals surface area contributed by atoms with Crippen LogP contribution in [-0.2, 0) is 57.5 Å². The smallest absolute Gasteiger partial charge is 0.343 e. The van der Waals surface area contributed by atoms with Crippen LogP contribution in [0.3, 0.4) is 0 Å². The number of hydrogen-bond acceptors (Lipinski definition) is 12. The van der Waals surface area contributed by atoms with Crippen LogP contribution in [0.1, 0.15) is 195 Å². The van der Waals surface area contributed by atoms with Gasteiger partial charge in [-0.1, -0.05) is 92.4 Å². The molecule has 3 N–H and O–H groups in total. The van der Waals surface area contributed by atoms with Crippen molar-refractivity contribution in [2.24, 2.45) is 41.4 Å². The van der Waals surface area contributed by atoms with Crippen LogP contribution >= 0.6 is 11.6 Å². The summed E-state index contributed by atoms with van der Waals surface area (Å²) in [4.78, 5) is 191. The molecular weight excluding hydrogens is 1320 g/mol. The molecule has 7 rings (SSSR count). The molecule has 7 aliphatic rings. The summed E-state index contributed by atoms with van der Waals surface area (Å²) in [7, 11) is 10.1. The molecule has 3 heterocycles. The molecule has 3 saturated heterocycles. The van der Waals surface area contributed by atoms with Gasteiger partial charge in [0.05, 0.1) is 32.0 Å². The molecule has 3 unspecified atom stereocenters. The van der Waals surface area contributed by atoms with Gasteiger partial charge in [0.15, 0.2) is 0 Å². The zero-order valence-corrected chi connectivity index (χ0v) is 62.3. The predicted octanol–water partition coefficient (Wildman–Crippen LogP) is 5.95. The molecule has 3 aliphatic heterocycles. The van der Waals surface area contributed by atoms with Crippen molar-refractivity contribution >= 4 is 82.5 Å². The number of halogens is 4. The van der Waals surface area contributed by atoms with Crippen LogP contribution < -0.4 is 16.0 Å². The molecule has 24 nitrogen and oxygen atoms in total. The molecule has 100 heavy (non-hydrogen) atoms. The summed E-state index contributed by atoms with van der Waals surface area (Å²) in [6.45, 7) is 8.72. The Kier molecular flexibility index (Phi) is 29.0. The Labute approximate surface area is 595 Å². The number of carbonyl (C=O) groups excluding carboxylic acids is 12. The summed E-state index contributed by atoms with van der Waals surface area (Å²) in [6, 6.07) is -8.50. The molecule has 7 fully saturated rings. The molecule has 0 aromatic heterocycles. The number of alkyl halides is 4. The summed E-state index contributed by atoms with van der Waals surface area (Å²) < 4.78 is 42.0. The SMILES string of the molecule is CC[C@H](C)[C@@H]1NC(=O)[C@H](CC(C)C)N(C)C(=O)C[C@@H](C(=O)N2CCCC2)N(C)C(=O)[C@H](C2CCCC2)N(C)C(=O)C2(CCCC2)NC(=O)[C@@H]2CCCN2C(=O)[C@H](CCC2CCC(C(F)(F)F)C(Cl)C2)NC(=O)CN(C)C(=O)[C@H](CC2CCC(C)CC2)N(C)C(=O)CN(C)C(=O)CN(C)C1=O. The van der Waals surface area contributed by atoms with E-state index in [9.17, 15) is 46.7 Å². The van der Waals surface area contributed by atoms with E-state index in [0.29, 0.717) is 70.4 Å². The van der Waals surface area contributed by atoms with Crippen molar-refractivity contribution in [2.45, 2.75) is 255 Å². The molecule has 0 aromatic rings. The minimum atomic E-state index is -4.51. The molecule has 4 saturated carbocycles. The summed E-state index contributed by atoms with van der Waals surface area (Å²) in [5.74, 6) is -10.1.